The number of carbonyl (C=O) groups excluding carboxylic acids is 1. The maximum Gasteiger partial charge on any atom is 0.244 e. The fourth-order valence-corrected chi connectivity index (χ4v) is 4.02. The molecule has 2 aromatic carbocycles. The third kappa shape index (κ3) is 6.10. The van der Waals surface area contributed by atoms with E-state index in [0.29, 0.717) is 52.2 Å². The lowest BCUT2D eigenvalue weighted by atomic mass is 9.97. The van der Waals surface area contributed by atoms with Crippen molar-refractivity contribution in [3.8, 4) is 11.5 Å². The zero-order chi connectivity index (χ0) is 24.1. The quantitative estimate of drug-likeness (QED) is 0.474. The number of amides is 1. The molecule has 0 radical (unpaired) electrons. The third-order valence-corrected chi connectivity index (χ3v) is 6.00. The van der Waals surface area contributed by atoms with E-state index in [1.54, 1.807) is 44.6 Å². The van der Waals surface area contributed by atoms with Gasteiger partial charge >= 0.3 is 0 Å². The monoisotopic (exact) mass is 501 g/mol. The largest absolute Gasteiger partial charge is 0.493 e. The number of methoxy groups -OCH3 is 2. The van der Waals surface area contributed by atoms with Gasteiger partial charge in [0, 0.05) is 42.7 Å². The minimum atomic E-state index is -0.354. The highest BCUT2D eigenvalue weighted by Crippen LogP contribution is 2.34. The lowest BCUT2D eigenvalue weighted by Crippen LogP contribution is -2.39. The maximum absolute atomic E-state index is 13.7. The van der Waals surface area contributed by atoms with E-state index in [2.05, 4.69) is 15.2 Å². The van der Waals surface area contributed by atoms with Crippen LogP contribution in [0.25, 0.3) is 17.0 Å². The highest BCUT2D eigenvalue weighted by molar-refractivity contribution is 5.92. The van der Waals surface area contributed by atoms with Crippen molar-refractivity contribution in [1.29, 1.82) is 0 Å². The molecule has 35 heavy (non-hydrogen) atoms. The van der Waals surface area contributed by atoms with Crippen LogP contribution < -0.4 is 25.4 Å². The summed E-state index contributed by atoms with van der Waals surface area (Å²) in [6.45, 7) is 2.07. The smallest absolute Gasteiger partial charge is 0.244 e. The van der Waals surface area contributed by atoms with Crippen LogP contribution in [0.15, 0.2) is 42.5 Å². The van der Waals surface area contributed by atoms with E-state index in [-0.39, 0.29) is 24.1 Å². The van der Waals surface area contributed by atoms with E-state index in [1.807, 2.05) is 0 Å². The lowest BCUT2D eigenvalue weighted by molar-refractivity contribution is -0.116. The SMILES string of the molecule is COc1cc2nc(N3CCC(CNC(=O)/C=C/c4ccccc4F)CC3)nc(N)c2cc1OC.Cl. The molecule has 1 amide bonds. The Labute approximate surface area is 209 Å². The first kappa shape index (κ1) is 26.0. The van der Waals surface area contributed by atoms with Crippen LogP contribution in [0.5, 0.6) is 11.5 Å². The van der Waals surface area contributed by atoms with E-state index in [1.165, 1.54) is 18.2 Å². The number of piperidine rings is 1. The number of fused-ring (bicyclic) bond motifs is 1. The first-order valence-electron chi connectivity index (χ1n) is 11.1. The average Bonchev–Trinajstić information content (AvgIpc) is 2.86. The van der Waals surface area contributed by atoms with Gasteiger partial charge in [-0.05, 0) is 37.0 Å². The predicted molar refractivity (Wildman–Crippen MR) is 138 cm³/mol. The minimum absolute atomic E-state index is 0. The summed E-state index contributed by atoms with van der Waals surface area (Å²) >= 11 is 0. The van der Waals surface area contributed by atoms with Gasteiger partial charge < -0.3 is 25.4 Å². The highest BCUT2D eigenvalue weighted by Gasteiger charge is 2.22. The number of hydrogen-bond donors (Lipinski definition) is 2. The molecule has 3 N–H and O–H groups in total. The van der Waals surface area contributed by atoms with Crippen molar-refractivity contribution < 1.29 is 18.7 Å². The highest BCUT2D eigenvalue weighted by atomic mass is 35.5. The van der Waals surface area contributed by atoms with Crippen molar-refractivity contribution in [2.24, 2.45) is 5.92 Å². The number of benzene rings is 2. The maximum atomic E-state index is 13.7. The second-order valence-corrected chi connectivity index (χ2v) is 8.16. The van der Waals surface area contributed by atoms with E-state index >= 15 is 0 Å². The minimum Gasteiger partial charge on any atom is -0.493 e. The van der Waals surface area contributed by atoms with Crippen LogP contribution in [0, 0.1) is 11.7 Å². The molecule has 1 fully saturated rings. The molecule has 4 rings (SSSR count). The molecule has 1 aliphatic rings. The first-order valence-corrected chi connectivity index (χ1v) is 11.1. The van der Waals surface area contributed by atoms with Gasteiger partial charge in [-0.25, -0.2) is 9.37 Å². The molecule has 0 unspecified atom stereocenters. The van der Waals surface area contributed by atoms with Crippen molar-refractivity contribution in [1.82, 2.24) is 15.3 Å². The molecular weight excluding hydrogens is 473 g/mol. The zero-order valence-electron chi connectivity index (χ0n) is 19.7. The Hall–Kier alpha value is -3.59. The van der Waals surface area contributed by atoms with Crippen LogP contribution >= 0.6 is 12.4 Å². The van der Waals surface area contributed by atoms with E-state index < -0.39 is 0 Å². The summed E-state index contributed by atoms with van der Waals surface area (Å²) < 4.78 is 24.4. The molecule has 1 aromatic heterocycles. The number of rotatable bonds is 7. The summed E-state index contributed by atoms with van der Waals surface area (Å²) in [6, 6.07) is 9.92. The molecule has 1 aliphatic heterocycles. The Morgan fingerprint density at radius 2 is 1.86 bits per heavy atom. The Balaban J connectivity index is 0.00000342. The Bertz CT molecular complexity index is 1220. The summed E-state index contributed by atoms with van der Waals surface area (Å²) in [5.41, 5.74) is 7.29. The van der Waals surface area contributed by atoms with Gasteiger partial charge in [-0.15, -0.1) is 12.4 Å². The van der Waals surface area contributed by atoms with E-state index in [4.69, 9.17) is 20.2 Å². The molecule has 3 aromatic rings. The number of halogens is 2. The van der Waals surface area contributed by atoms with Crippen molar-refractivity contribution in [3.63, 3.8) is 0 Å². The topological polar surface area (TPSA) is 103 Å². The molecule has 186 valence electrons. The molecule has 0 atom stereocenters. The molecule has 0 saturated carbocycles. The van der Waals surface area contributed by atoms with Gasteiger partial charge in [0.1, 0.15) is 11.6 Å². The number of anilines is 2. The number of nitrogens with zero attached hydrogens (tertiary/aromatic N) is 3. The van der Waals surface area contributed by atoms with Crippen LogP contribution in [0.2, 0.25) is 0 Å². The van der Waals surface area contributed by atoms with Crippen LogP contribution in [-0.2, 0) is 4.79 Å². The first-order chi connectivity index (χ1) is 16.5. The fourth-order valence-electron chi connectivity index (χ4n) is 4.02. The number of aromatic nitrogens is 2. The Morgan fingerprint density at radius 3 is 2.54 bits per heavy atom. The zero-order valence-corrected chi connectivity index (χ0v) is 20.5. The number of nitrogens with two attached hydrogens (primary N) is 1. The van der Waals surface area contributed by atoms with Crippen LogP contribution in [0.4, 0.5) is 16.2 Å². The number of carbonyl (C=O) groups is 1. The van der Waals surface area contributed by atoms with Crippen molar-refractivity contribution in [2.75, 3.05) is 44.5 Å². The summed E-state index contributed by atoms with van der Waals surface area (Å²) in [5.74, 6) is 1.87. The summed E-state index contributed by atoms with van der Waals surface area (Å²) in [7, 11) is 3.15. The van der Waals surface area contributed by atoms with E-state index in [9.17, 15) is 9.18 Å². The predicted octanol–water partition coefficient (Wildman–Crippen LogP) is 3.84. The van der Waals surface area contributed by atoms with Gasteiger partial charge in [0.2, 0.25) is 11.9 Å². The van der Waals surface area contributed by atoms with Gasteiger partial charge in [-0.2, -0.15) is 4.98 Å². The van der Waals surface area contributed by atoms with Gasteiger partial charge in [0.25, 0.3) is 0 Å². The number of nitrogens with one attached hydrogen (secondary N) is 1. The second-order valence-electron chi connectivity index (χ2n) is 8.16. The second kappa shape index (κ2) is 11.7. The van der Waals surface area contributed by atoms with Crippen LogP contribution in [0.3, 0.4) is 0 Å². The average molecular weight is 502 g/mol. The molecule has 0 aliphatic carbocycles. The fraction of sp³-hybridized carbons (Fsp3) is 0.320. The number of nitrogen functional groups attached to an aromatic ring is 1. The molecule has 2 heterocycles. The molecule has 0 bridgehead atoms. The van der Waals surface area contributed by atoms with Crippen molar-refractivity contribution in [3.05, 3.63) is 53.9 Å². The van der Waals surface area contributed by atoms with Crippen LogP contribution in [0.1, 0.15) is 18.4 Å². The lowest BCUT2D eigenvalue weighted by Gasteiger charge is -2.32. The van der Waals surface area contributed by atoms with Gasteiger partial charge in [0.05, 0.1) is 19.7 Å². The summed E-state index contributed by atoms with van der Waals surface area (Å²) in [6.07, 6.45) is 4.61. The molecule has 1 saturated heterocycles. The van der Waals surface area contributed by atoms with E-state index in [0.717, 1.165) is 25.9 Å². The molecule has 0 spiro atoms. The molecule has 8 nitrogen and oxygen atoms in total. The van der Waals surface area contributed by atoms with Gasteiger partial charge in [0.15, 0.2) is 11.5 Å². The summed E-state index contributed by atoms with van der Waals surface area (Å²) in [5, 5.41) is 3.62. The van der Waals surface area contributed by atoms with Gasteiger partial charge in [-0.3, -0.25) is 4.79 Å². The van der Waals surface area contributed by atoms with Crippen LogP contribution in [-0.4, -0.2) is 49.7 Å². The third-order valence-electron chi connectivity index (χ3n) is 6.00. The van der Waals surface area contributed by atoms with Gasteiger partial charge in [-0.1, -0.05) is 18.2 Å². The normalized spacial score (nSPS) is 14.1. The van der Waals surface area contributed by atoms with Crippen molar-refractivity contribution >= 4 is 47.1 Å². The number of ether oxygens (including phenoxy) is 2. The summed E-state index contributed by atoms with van der Waals surface area (Å²) in [4.78, 5) is 23.4. The number of hydrogen-bond acceptors (Lipinski definition) is 7. The standard InChI is InChI=1S/C25H28FN5O3.ClH/c1-33-21-13-18-20(14-22(21)34-2)29-25(30-24(18)27)31-11-9-16(10-12-31)15-28-23(32)8-7-17-5-3-4-6-19(17)26;/h3-8,13-14,16H,9-12,15H2,1-2H3,(H,28,32)(H2,27,29,30);1H/b8-7+;. The Kier molecular flexibility index (Phi) is 8.70. The molecule has 10 heteroatoms. The Morgan fingerprint density at radius 1 is 1.17 bits per heavy atom. The molecular formula is C25H29ClFN5O3. The van der Waals surface area contributed by atoms with Crippen molar-refractivity contribution in [2.45, 2.75) is 12.8 Å².